The highest BCUT2D eigenvalue weighted by Crippen LogP contribution is 2.24. The molecule has 0 aromatic carbocycles. The molecule has 0 unspecified atom stereocenters. The molecule has 0 spiro atoms. The maximum Gasteiger partial charge on any atom is 0.140 e. The number of allylic oxidation sites excluding steroid dienone is 2. The van der Waals surface area contributed by atoms with Crippen LogP contribution in [0.2, 0.25) is 0 Å². The number of thioether (sulfide) groups is 1. The fourth-order valence-corrected chi connectivity index (χ4v) is 2.24. The maximum absolute atomic E-state index is 11.1. The summed E-state index contributed by atoms with van der Waals surface area (Å²) in [5.41, 5.74) is 2.44. The molecular formula is C9H11NOS. The topological polar surface area (TPSA) is 29.1 Å². The largest absolute Gasteiger partial charge is 0.387 e. The van der Waals surface area contributed by atoms with Gasteiger partial charge in [0.15, 0.2) is 0 Å². The molecule has 2 rings (SSSR count). The van der Waals surface area contributed by atoms with Crippen LogP contribution >= 0.6 is 11.8 Å². The highest BCUT2D eigenvalue weighted by atomic mass is 32.2. The number of nitrogens with one attached hydrogen (secondary N) is 1. The number of hydrogen-bond acceptors (Lipinski definition) is 3. The van der Waals surface area contributed by atoms with Gasteiger partial charge in [-0.3, -0.25) is 4.79 Å². The lowest BCUT2D eigenvalue weighted by Crippen LogP contribution is -2.27. The van der Waals surface area contributed by atoms with E-state index in [2.05, 4.69) is 16.8 Å². The van der Waals surface area contributed by atoms with Crippen LogP contribution in [-0.4, -0.2) is 18.1 Å². The fourth-order valence-electron chi connectivity index (χ4n) is 1.43. The molecule has 1 N–H and O–H groups in total. The van der Waals surface area contributed by atoms with Crippen molar-refractivity contribution in [1.82, 2.24) is 5.32 Å². The van der Waals surface area contributed by atoms with Gasteiger partial charge in [0, 0.05) is 30.8 Å². The zero-order valence-corrected chi connectivity index (χ0v) is 7.62. The first-order valence-electron chi connectivity index (χ1n) is 4.12. The van der Waals surface area contributed by atoms with Gasteiger partial charge in [-0.2, -0.15) is 0 Å². The van der Waals surface area contributed by atoms with Gasteiger partial charge in [-0.25, -0.2) is 0 Å². The summed E-state index contributed by atoms with van der Waals surface area (Å²) in [6.45, 7) is 0.816. The Bertz CT molecular complexity index is 268. The molecule has 2 heterocycles. The number of hydrogen-bond donors (Lipinski definition) is 1. The molecule has 2 aliphatic rings. The number of piperidine rings is 1. The highest BCUT2D eigenvalue weighted by Gasteiger charge is 2.16. The smallest absolute Gasteiger partial charge is 0.140 e. The van der Waals surface area contributed by atoms with E-state index in [1.165, 1.54) is 5.57 Å². The predicted octanol–water partition coefficient (Wildman–Crippen LogP) is 1.45. The van der Waals surface area contributed by atoms with E-state index in [1.54, 1.807) is 11.8 Å². The van der Waals surface area contributed by atoms with Gasteiger partial charge >= 0.3 is 0 Å². The minimum Gasteiger partial charge on any atom is -0.387 e. The zero-order chi connectivity index (χ0) is 8.39. The predicted molar refractivity (Wildman–Crippen MR) is 50.9 cm³/mol. The molecule has 1 fully saturated rings. The van der Waals surface area contributed by atoms with Crippen LogP contribution in [0.25, 0.3) is 0 Å². The van der Waals surface area contributed by atoms with E-state index < -0.39 is 0 Å². The average Bonchev–Trinajstić information content (AvgIpc) is 2.56. The Labute approximate surface area is 76.1 Å². The number of carbonyl (C=O) groups is 1. The molecule has 1 saturated heterocycles. The van der Waals surface area contributed by atoms with Crippen LogP contribution in [0.3, 0.4) is 0 Å². The molecule has 0 aromatic heterocycles. The summed E-state index contributed by atoms with van der Waals surface area (Å²) >= 11 is 1.79. The molecule has 0 radical (unpaired) electrons. The first-order valence-corrected chi connectivity index (χ1v) is 5.17. The molecule has 0 bridgehead atoms. The fraction of sp³-hybridized carbons (Fsp3) is 0.444. The van der Waals surface area contributed by atoms with Crippen LogP contribution in [-0.2, 0) is 4.79 Å². The van der Waals surface area contributed by atoms with Crippen molar-refractivity contribution < 1.29 is 4.79 Å². The first kappa shape index (κ1) is 7.92. The van der Waals surface area contributed by atoms with Crippen molar-refractivity contribution in [1.29, 1.82) is 0 Å². The number of Topliss-reactive ketones (excluding diaryl/α,β-unsaturated/α-hetero) is 1. The summed E-state index contributed by atoms with van der Waals surface area (Å²) in [6, 6.07) is 0. The SMILES string of the molecule is O=C1CCNC(=C2C=CSC2)C1. The second-order valence-corrected chi connectivity index (χ2v) is 3.90. The standard InChI is InChI=1S/C9H11NOS/c11-8-1-3-10-9(5-8)7-2-4-12-6-7/h2,4,10H,1,3,5-6H2. The molecule has 0 aliphatic carbocycles. The second kappa shape index (κ2) is 3.35. The van der Waals surface area contributed by atoms with Gasteiger partial charge in [0.2, 0.25) is 0 Å². The zero-order valence-electron chi connectivity index (χ0n) is 6.80. The summed E-state index contributed by atoms with van der Waals surface area (Å²) in [7, 11) is 0. The third-order valence-electron chi connectivity index (χ3n) is 2.11. The van der Waals surface area contributed by atoms with Crippen molar-refractivity contribution in [2.75, 3.05) is 12.3 Å². The third kappa shape index (κ3) is 1.55. The van der Waals surface area contributed by atoms with Crippen LogP contribution in [0.1, 0.15) is 12.8 Å². The Kier molecular flexibility index (Phi) is 2.21. The Morgan fingerprint density at radius 3 is 3.08 bits per heavy atom. The van der Waals surface area contributed by atoms with Crippen molar-refractivity contribution in [3.63, 3.8) is 0 Å². The van der Waals surface area contributed by atoms with E-state index in [1.807, 2.05) is 0 Å². The average molecular weight is 181 g/mol. The van der Waals surface area contributed by atoms with Crippen LogP contribution < -0.4 is 5.32 Å². The molecule has 0 amide bonds. The first-order chi connectivity index (χ1) is 5.86. The summed E-state index contributed by atoms with van der Waals surface area (Å²) in [6.07, 6.45) is 3.40. The Morgan fingerprint density at radius 2 is 2.42 bits per heavy atom. The van der Waals surface area contributed by atoms with E-state index >= 15 is 0 Å². The molecule has 0 aromatic rings. The summed E-state index contributed by atoms with van der Waals surface area (Å²) < 4.78 is 0. The van der Waals surface area contributed by atoms with E-state index in [0.29, 0.717) is 18.6 Å². The Hall–Kier alpha value is -0.700. The molecule has 0 atom stereocenters. The van der Waals surface area contributed by atoms with E-state index in [4.69, 9.17) is 0 Å². The third-order valence-corrected chi connectivity index (χ3v) is 2.91. The van der Waals surface area contributed by atoms with Crippen LogP contribution in [0.15, 0.2) is 22.8 Å². The molecule has 64 valence electrons. The minimum atomic E-state index is 0.363. The number of ketones is 1. The molecule has 2 aliphatic heterocycles. The van der Waals surface area contributed by atoms with E-state index in [9.17, 15) is 4.79 Å². The normalized spacial score (nSPS) is 29.2. The monoisotopic (exact) mass is 181 g/mol. The van der Waals surface area contributed by atoms with E-state index in [-0.39, 0.29) is 0 Å². The molecule has 3 heteroatoms. The highest BCUT2D eigenvalue weighted by molar-refractivity contribution is 8.02. The van der Waals surface area contributed by atoms with E-state index in [0.717, 1.165) is 18.0 Å². The minimum absolute atomic E-state index is 0.363. The van der Waals surface area contributed by atoms with Gasteiger partial charge in [0.1, 0.15) is 5.78 Å². The van der Waals surface area contributed by atoms with Gasteiger partial charge < -0.3 is 5.32 Å². The number of rotatable bonds is 0. The van der Waals surface area contributed by atoms with Crippen LogP contribution in [0.4, 0.5) is 0 Å². The molecule has 12 heavy (non-hydrogen) atoms. The van der Waals surface area contributed by atoms with Gasteiger partial charge in [0.05, 0.1) is 0 Å². The Morgan fingerprint density at radius 1 is 1.50 bits per heavy atom. The Balaban J connectivity index is 2.16. The van der Waals surface area contributed by atoms with Crippen LogP contribution in [0, 0.1) is 0 Å². The van der Waals surface area contributed by atoms with Gasteiger partial charge in [-0.15, -0.1) is 11.8 Å². The lowest BCUT2D eigenvalue weighted by atomic mass is 10.0. The van der Waals surface area contributed by atoms with Crippen LogP contribution in [0.5, 0.6) is 0 Å². The van der Waals surface area contributed by atoms with Crippen molar-refractivity contribution in [3.05, 3.63) is 22.8 Å². The second-order valence-electron chi connectivity index (χ2n) is 3.01. The van der Waals surface area contributed by atoms with Gasteiger partial charge in [-0.1, -0.05) is 6.08 Å². The summed E-state index contributed by atoms with van der Waals surface area (Å²) in [5.74, 6) is 1.39. The summed E-state index contributed by atoms with van der Waals surface area (Å²) in [4.78, 5) is 11.1. The molecule has 2 nitrogen and oxygen atoms in total. The maximum atomic E-state index is 11.1. The lowest BCUT2D eigenvalue weighted by Gasteiger charge is -2.17. The quantitative estimate of drug-likeness (QED) is 0.613. The van der Waals surface area contributed by atoms with Crippen molar-refractivity contribution in [2.45, 2.75) is 12.8 Å². The van der Waals surface area contributed by atoms with Crippen molar-refractivity contribution >= 4 is 17.5 Å². The van der Waals surface area contributed by atoms with Gasteiger partial charge in [0.25, 0.3) is 0 Å². The molecule has 0 saturated carbocycles. The van der Waals surface area contributed by atoms with Gasteiger partial charge in [-0.05, 0) is 11.0 Å². The van der Waals surface area contributed by atoms with Crippen molar-refractivity contribution in [3.8, 4) is 0 Å². The summed E-state index contributed by atoms with van der Waals surface area (Å²) in [5, 5.41) is 5.37. The molecular weight excluding hydrogens is 170 g/mol. The lowest BCUT2D eigenvalue weighted by molar-refractivity contribution is -0.119. The number of carbonyl (C=O) groups excluding carboxylic acids is 1. The van der Waals surface area contributed by atoms with Crippen molar-refractivity contribution in [2.24, 2.45) is 0 Å².